The fraction of sp³-hybridized carbons (Fsp3) is 0.429. The van der Waals surface area contributed by atoms with E-state index in [0.717, 1.165) is 37.0 Å². The van der Waals surface area contributed by atoms with Crippen LogP contribution in [0.2, 0.25) is 0 Å². The summed E-state index contributed by atoms with van der Waals surface area (Å²) in [5, 5.41) is 3.82. The minimum Gasteiger partial charge on any atom is -0.381 e. The van der Waals surface area contributed by atoms with E-state index in [4.69, 9.17) is 4.74 Å². The van der Waals surface area contributed by atoms with E-state index in [9.17, 15) is 4.79 Å². The standard InChI is InChI=1S/C14H17N3O2/c18-14(17-8-10-2-1-7-19-9-10)13-11-3-5-15-12(11)4-6-16-13/h3-6,10,15H,1-2,7-9H2,(H,17,18)/t10-/m1/s1. The van der Waals surface area contributed by atoms with Gasteiger partial charge in [-0.1, -0.05) is 0 Å². The van der Waals surface area contributed by atoms with Gasteiger partial charge in [0.25, 0.3) is 5.91 Å². The molecule has 0 bridgehead atoms. The number of aromatic amines is 1. The number of amides is 1. The SMILES string of the molecule is O=C(NC[C@H]1CCCOC1)c1nccc2[nH]ccc12. The van der Waals surface area contributed by atoms with Gasteiger partial charge >= 0.3 is 0 Å². The van der Waals surface area contributed by atoms with Crippen LogP contribution in [-0.4, -0.2) is 35.6 Å². The van der Waals surface area contributed by atoms with Crippen molar-refractivity contribution in [2.75, 3.05) is 19.8 Å². The van der Waals surface area contributed by atoms with E-state index >= 15 is 0 Å². The molecule has 5 heteroatoms. The zero-order valence-electron chi connectivity index (χ0n) is 10.7. The summed E-state index contributed by atoms with van der Waals surface area (Å²) in [6.45, 7) is 2.23. The number of nitrogens with one attached hydrogen (secondary N) is 2. The molecule has 1 fully saturated rings. The molecule has 1 saturated heterocycles. The van der Waals surface area contributed by atoms with Gasteiger partial charge in [0.05, 0.1) is 6.61 Å². The molecule has 1 aliphatic rings. The number of aromatic nitrogens is 2. The van der Waals surface area contributed by atoms with Crippen molar-refractivity contribution in [1.29, 1.82) is 0 Å². The zero-order chi connectivity index (χ0) is 13.1. The number of pyridine rings is 1. The van der Waals surface area contributed by atoms with Gasteiger partial charge in [0.15, 0.2) is 0 Å². The molecule has 1 amide bonds. The average molecular weight is 259 g/mol. The molecule has 3 heterocycles. The number of fused-ring (bicyclic) bond motifs is 1. The van der Waals surface area contributed by atoms with Gasteiger partial charge in [0, 0.05) is 36.4 Å². The Morgan fingerprint density at radius 1 is 1.53 bits per heavy atom. The fourth-order valence-electron chi connectivity index (χ4n) is 2.45. The summed E-state index contributed by atoms with van der Waals surface area (Å²) in [5.41, 5.74) is 1.41. The van der Waals surface area contributed by atoms with E-state index < -0.39 is 0 Å². The number of rotatable bonds is 3. The van der Waals surface area contributed by atoms with Crippen LogP contribution < -0.4 is 5.32 Å². The molecule has 0 spiro atoms. The second-order valence-corrected chi connectivity index (χ2v) is 4.89. The highest BCUT2D eigenvalue weighted by Crippen LogP contribution is 2.16. The first-order chi connectivity index (χ1) is 9.34. The highest BCUT2D eigenvalue weighted by Gasteiger charge is 2.17. The molecule has 0 saturated carbocycles. The van der Waals surface area contributed by atoms with Gasteiger partial charge in [-0.15, -0.1) is 0 Å². The molecule has 0 aliphatic carbocycles. The van der Waals surface area contributed by atoms with Crippen LogP contribution in [0.1, 0.15) is 23.3 Å². The first-order valence-electron chi connectivity index (χ1n) is 6.62. The highest BCUT2D eigenvalue weighted by atomic mass is 16.5. The Hall–Kier alpha value is -1.88. The number of hydrogen-bond acceptors (Lipinski definition) is 3. The lowest BCUT2D eigenvalue weighted by atomic mass is 10.0. The van der Waals surface area contributed by atoms with Crippen LogP contribution in [0.5, 0.6) is 0 Å². The maximum Gasteiger partial charge on any atom is 0.270 e. The van der Waals surface area contributed by atoms with Gasteiger partial charge in [-0.2, -0.15) is 0 Å². The third-order valence-corrected chi connectivity index (χ3v) is 3.50. The Balaban J connectivity index is 1.68. The number of H-pyrrole nitrogens is 1. The number of hydrogen-bond donors (Lipinski definition) is 2. The Bertz CT molecular complexity index is 573. The van der Waals surface area contributed by atoms with Gasteiger partial charge in [-0.25, -0.2) is 0 Å². The van der Waals surface area contributed by atoms with Crippen molar-refractivity contribution in [2.45, 2.75) is 12.8 Å². The molecule has 2 aromatic heterocycles. The molecule has 0 radical (unpaired) electrons. The second kappa shape index (κ2) is 5.40. The van der Waals surface area contributed by atoms with Crippen molar-refractivity contribution in [3.63, 3.8) is 0 Å². The molecule has 100 valence electrons. The molecule has 5 nitrogen and oxygen atoms in total. The average Bonchev–Trinajstić information content (AvgIpc) is 2.94. The smallest absolute Gasteiger partial charge is 0.270 e. The van der Waals surface area contributed by atoms with E-state index in [0.29, 0.717) is 18.2 Å². The van der Waals surface area contributed by atoms with Crippen LogP contribution in [0.3, 0.4) is 0 Å². The molecule has 2 N–H and O–H groups in total. The Labute approximate surface area is 111 Å². The minimum atomic E-state index is -0.115. The van der Waals surface area contributed by atoms with E-state index in [1.165, 1.54) is 0 Å². The maximum atomic E-state index is 12.2. The molecule has 0 unspecified atom stereocenters. The van der Waals surface area contributed by atoms with Crippen LogP contribution >= 0.6 is 0 Å². The first kappa shape index (κ1) is 12.2. The number of nitrogens with zero attached hydrogens (tertiary/aromatic N) is 1. The fourth-order valence-corrected chi connectivity index (χ4v) is 2.45. The lowest BCUT2D eigenvalue weighted by Gasteiger charge is -2.22. The summed E-state index contributed by atoms with van der Waals surface area (Å²) in [5.74, 6) is 0.305. The molecular formula is C14H17N3O2. The summed E-state index contributed by atoms with van der Waals surface area (Å²) in [6, 6.07) is 3.74. The summed E-state index contributed by atoms with van der Waals surface area (Å²) in [7, 11) is 0. The van der Waals surface area contributed by atoms with Crippen molar-refractivity contribution >= 4 is 16.8 Å². The summed E-state index contributed by atoms with van der Waals surface area (Å²) in [4.78, 5) is 19.4. The molecule has 0 aromatic carbocycles. The number of carbonyl (C=O) groups excluding carboxylic acids is 1. The monoisotopic (exact) mass is 259 g/mol. The topological polar surface area (TPSA) is 67.0 Å². The zero-order valence-corrected chi connectivity index (χ0v) is 10.7. The molecule has 19 heavy (non-hydrogen) atoms. The Kier molecular flexibility index (Phi) is 3.46. The quantitative estimate of drug-likeness (QED) is 0.882. The normalized spacial score (nSPS) is 19.5. The molecule has 1 atom stereocenters. The van der Waals surface area contributed by atoms with Crippen LogP contribution in [0.4, 0.5) is 0 Å². The van der Waals surface area contributed by atoms with Crippen molar-refractivity contribution < 1.29 is 9.53 Å². The highest BCUT2D eigenvalue weighted by molar-refractivity contribution is 6.04. The molecule has 2 aromatic rings. The van der Waals surface area contributed by atoms with Gasteiger partial charge in [0.1, 0.15) is 5.69 Å². The maximum absolute atomic E-state index is 12.2. The molecule has 3 rings (SSSR count). The number of ether oxygens (including phenoxy) is 1. The van der Waals surface area contributed by atoms with Gasteiger partial charge in [-0.05, 0) is 30.9 Å². The Morgan fingerprint density at radius 2 is 2.47 bits per heavy atom. The van der Waals surface area contributed by atoms with Crippen LogP contribution in [0.25, 0.3) is 10.9 Å². The van der Waals surface area contributed by atoms with Crippen molar-refractivity contribution in [2.24, 2.45) is 5.92 Å². The third-order valence-electron chi connectivity index (χ3n) is 3.50. The Morgan fingerprint density at radius 3 is 3.32 bits per heavy atom. The first-order valence-corrected chi connectivity index (χ1v) is 6.62. The lowest BCUT2D eigenvalue weighted by Crippen LogP contribution is -2.33. The number of carbonyl (C=O) groups is 1. The van der Waals surface area contributed by atoms with Gasteiger partial charge < -0.3 is 15.0 Å². The van der Waals surface area contributed by atoms with E-state index in [2.05, 4.69) is 15.3 Å². The lowest BCUT2D eigenvalue weighted by molar-refractivity contribution is 0.0536. The minimum absolute atomic E-state index is 0.115. The van der Waals surface area contributed by atoms with Gasteiger partial charge in [0.2, 0.25) is 0 Å². The van der Waals surface area contributed by atoms with E-state index in [1.807, 2.05) is 18.3 Å². The second-order valence-electron chi connectivity index (χ2n) is 4.89. The van der Waals surface area contributed by atoms with E-state index in [1.54, 1.807) is 6.20 Å². The van der Waals surface area contributed by atoms with Crippen molar-refractivity contribution in [1.82, 2.24) is 15.3 Å². The van der Waals surface area contributed by atoms with Crippen molar-refractivity contribution in [3.8, 4) is 0 Å². The van der Waals surface area contributed by atoms with Crippen molar-refractivity contribution in [3.05, 3.63) is 30.2 Å². The summed E-state index contributed by atoms with van der Waals surface area (Å²) in [6.07, 6.45) is 5.66. The van der Waals surface area contributed by atoms with Crippen LogP contribution in [0, 0.1) is 5.92 Å². The van der Waals surface area contributed by atoms with Crippen LogP contribution in [0.15, 0.2) is 24.5 Å². The molecule has 1 aliphatic heterocycles. The van der Waals surface area contributed by atoms with Crippen LogP contribution in [-0.2, 0) is 4.74 Å². The van der Waals surface area contributed by atoms with E-state index in [-0.39, 0.29) is 5.91 Å². The third kappa shape index (κ3) is 2.61. The molecular weight excluding hydrogens is 242 g/mol. The largest absolute Gasteiger partial charge is 0.381 e. The van der Waals surface area contributed by atoms with Gasteiger partial charge in [-0.3, -0.25) is 9.78 Å². The predicted molar refractivity (Wildman–Crippen MR) is 72.0 cm³/mol. The summed E-state index contributed by atoms with van der Waals surface area (Å²) >= 11 is 0. The summed E-state index contributed by atoms with van der Waals surface area (Å²) < 4.78 is 5.41. The predicted octanol–water partition coefficient (Wildman–Crippen LogP) is 1.72.